The molecule has 5 nitrogen and oxygen atoms in total. The first kappa shape index (κ1) is 13.0. The number of hydrogen-bond donors (Lipinski definition) is 2. The smallest absolute Gasteiger partial charge is 0.213 e. The topological polar surface area (TPSA) is 76.9 Å². The van der Waals surface area contributed by atoms with E-state index in [1.165, 1.54) is 0 Å². The summed E-state index contributed by atoms with van der Waals surface area (Å²) < 4.78 is 5.01. The molecule has 0 aromatic rings. The first-order valence-corrected chi connectivity index (χ1v) is 5.00. The molecular formula is C9H22N4O. The fourth-order valence-electron chi connectivity index (χ4n) is 1.48. The Morgan fingerprint density at radius 1 is 1.43 bits per heavy atom. The number of guanidine groups is 1. The van der Waals surface area contributed by atoms with E-state index in [4.69, 9.17) is 16.3 Å². The normalized spacial score (nSPS) is 12.1. The third-order valence-electron chi connectivity index (χ3n) is 2.35. The molecule has 0 aliphatic heterocycles. The maximum absolute atomic E-state index is 5.71. The van der Waals surface area contributed by atoms with Crippen LogP contribution in [-0.4, -0.2) is 37.2 Å². The summed E-state index contributed by atoms with van der Waals surface area (Å²) in [4.78, 5) is 1.99. The van der Waals surface area contributed by atoms with Crippen molar-refractivity contribution in [1.82, 2.24) is 4.90 Å². The molecule has 5 heteroatoms. The van der Waals surface area contributed by atoms with Gasteiger partial charge in [-0.2, -0.15) is 0 Å². The average Bonchev–Trinajstić information content (AvgIpc) is 2.23. The second kappa shape index (κ2) is 7.44. The number of rotatable bonds is 6. The van der Waals surface area contributed by atoms with E-state index in [0.29, 0.717) is 18.6 Å². The van der Waals surface area contributed by atoms with Gasteiger partial charge in [0.1, 0.15) is 0 Å². The van der Waals surface area contributed by atoms with Gasteiger partial charge in [-0.25, -0.2) is 0 Å². The van der Waals surface area contributed by atoms with Gasteiger partial charge in [0.15, 0.2) is 0 Å². The van der Waals surface area contributed by atoms with Crippen LogP contribution >= 0.6 is 0 Å². The maximum Gasteiger partial charge on any atom is 0.213 e. The number of nitrogens with zero attached hydrogens (tertiary/aromatic N) is 2. The summed E-state index contributed by atoms with van der Waals surface area (Å²) >= 11 is 0. The highest BCUT2D eigenvalue weighted by Crippen LogP contribution is 2.07. The van der Waals surface area contributed by atoms with Gasteiger partial charge in [0, 0.05) is 19.7 Å². The number of hydrazone groups is 1. The van der Waals surface area contributed by atoms with Gasteiger partial charge in [-0.1, -0.05) is 13.8 Å². The van der Waals surface area contributed by atoms with Crippen LogP contribution < -0.4 is 11.6 Å². The Labute approximate surface area is 86.1 Å². The van der Waals surface area contributed by atoms with Gasteiger partial charge in [-0.3, -0.25) is 0 Å². The number of nitrogens with two attached hydrogens (primary N) is 2. The standard InChI is InChI=1S/C9H22N4O/c1-4-8(5-2)13(6-7-14-3)9(10)12-11/h8H,4-7,11H2,1-3H3,(H2,10,12). The van der Waals surface area contributed by atoms with Crippen LogP contribution in [0.25, 0.3) is 0 Å². The Morgan fingerprint density at radius 2 is 2.00 bits per heavy atom. The lowest BCUT2D eigenvalue weighted by Crippen LogP contribution is -2.46. The summed E-state index contributed by atoms with van der Waals surface area (Å²) in [6.45, 7) is 5.61. The van der Waals surface area contributed by atoms with E-state index in [1.54, 1.807) is 7.11 Å². The van der Waals surface area contributed by atoms with Crippen LogP contribution in [0.5, 0.6) is 0 Å². The summed E-state index contributed by atoms with van der Waals surface area (Å²) in [6.07, 6.45) is 2.05. The second-order valence-electron chi connectivity index (χ2n) is 3.14. The van der Waals surface area contributed by atoms with Crippen molar-refractivity contribution in [2.75, 3.05) is 20.3 Å². The predicted octanol–water partition coefficient (Wildman–Crippen LogP) is 0.312. The van der Waals surface area contributed by atoms with Crippen molar-refractivity contribution >= 4 is 5.96 Å². The zero-order valence-electron chi connectivity index (χ0n) is 9.36. The number of methoxy groups -OCH3 is 1. The van der Waals surface area contributed by atoms with Crippen molar-refractivity contribution in [3.63, 3.8) is 0 Å². The van der Waals surface area contributed by atoms with E-state index in [2.05, 4.69) is 18.9 Å². The highest BCUT2D eigenvalue weighted by Gasteiger charge is 2.16. The molecule has 0 spiro atoms. The zero-order chi connectivity index (χ0) is 11.0. The number of hydrogen-bond acceptors (Lipinski definition) is 3. The van der Waals surface area contributed by atoms with Gasteiger partial charge in [0.05, 0.1) is 6.61 Å². The minimum Gasteiger partial charge on any atom is -0.383 e. The Bertz CT molecular complexity index is 168. The molecule has 0 bridgehead atoms. The molecule has 0 rings (SSSR count). The van der Waals surface area contributed by atoms with Gasteiger partial charge in [0.2, 0.25) is 5.96 Å². The van der Waals surface area contributed by atoms with E-state index in [0.717, 1.165) is 19.4 Å². The quantitative estimate of drug-likeness (QED) is 0.281. The molecule has 0 unspecified atom stereocenters. The summed E-state index contributed by atoms with van der Waals surface area (Å²) in [7, 11) is 1.67. The first-order chi connectivity index (χ1) is 6.71. The predicted molar refractivity (Wildman–Crippen MR) is 58.8 cm³/mol. The van der Waals surface area contributed by atoms with Gasteiger partial charge in [0.25, 0.3) is 0 Å². The third-order valence-corrected chi connectivity index (χ3v) is 2.35. The zero-order valence-corrected chi connectivity index (χ0v) is 9.36. The van der Waals surface area contributed by atoms with Crippen molar-refractivity contribution < 1.29 is 4.74 Å². The minimum absolute atomic E-state index is 0.385. The van der Waals surface area contributed by atoms with Crippen molar-refractivity contribution in [3.8, 4) is 0 Å². The van der Waals surface area contributed by atoms with Crippen LogP contribution in [0.15, 0.2) is 5.10 Å². The van der Waals surface area contributed by atoms with Crippen LogP contribution in [0.4, 0.5) is 0 Å². The van der Waals surface area contributed by atoms with Crippen molar-refractivity contribution in [2.45, 2.75) is 32.7 Å². The van der Waals surface area contributed by atoms with Crippen molar-refractivity contribution in [3.05, 3.63) is 0 Å². The largest absolute Gasteiger partial charge is 0.383 e. The molecule has 0 aliphatic carbocycles. The maximum atomic E-state index is 5.71. The summed E-state index contributed by atoms with van der Waals surface area (Å²) in [5.74, 6) is 5.56. The first-order valence-electron chi connectivity index (χ1n) is 5.00. The number of ether oxygens (including phenoxy) is 1. The fourth-order valence-corrected chi connectivity index (χ4v) is 1.48. The highest BCUT2D eigenvalue weighted by atomic mass is 16.5. The van der Waals surface area contributed by atoms with E-state index < -0.39 is 0 Å². The van der Waals surface area contributed by atoms with Crippen LogP contribution in [0.3, 0.4) is 0 Å². The van der Waals surface area contributed by atoms with Crippen LogP contribution in [0.2, 0.25) is 0 Å². The van der Waals surface area contributed by atoms with Crippen molar-refractivity contribution in [2.24, 2.45) is 16.7 Å². The lowest BCUT2D eigenvalue weighted by molar-refractivity contribution is 0.157. The molecule has 14 heavy (non-hydrogen) atoms. The van der Waals surface area contributed by atoms with Gasteiger partial charge in [-0.05, 0) is 12.8 Å². The molecular weight excluding hydrogens is 180 g/mol. The molecule has 0 saturated heterocycles. The highest BCUT2D eigenvalue weighted by molar-refractivity contribution is 5.78. The van der Waals surface area contributed by atoms with E-state index in [9.17, 15) is 0 Å². The van der Waals surface area contributed by atoms with Gasteiger partial charge >= 0.3 is 0 Å². The Balaban J connectivity index is 4.36. The van der Waals surface area contributed by atoms with Gasteiger partial charge < -0.3 is 21.2 Å². The van der Waals surface area contributed by atoms with Crippen LogP contribution in [0, 0.1) is 0 Å². The monoisotopic (exact) mass is 202 g/mol. The molecule has 0 heterocycles. The van der Waals surface area contributed by atoms with Crippen LogP contribution in [0.1, 0.15) is 26.7 Å². The molecule has 0 atom stereocenters. The molecule has 0 aromatic heterocycles. The van der Waals surface area contributed by atoms with Crippen LogP contribution in [-0.2, 0) is 4.74 Å². The van der Waals surface area contributed by atoms with Gasteiger partial charge in [-0.15, -0.1) is 5.10 Å². The Kier molecular flexibility index (Phi) is 6.92. The van der Waals surface area contributed by atoms with E-state index >= 15 is 0 Å². The van der Waals surface area contributed by atoms with E-state index in [-0.39, 0.29) is 0 Å². The summed E-state index contributed by atoms with van der Waals surface area (Å²) in [5.41, 5.74) is 5.71. The second-order valence-corrected chi connectivity index (χ2v) is 3.14. The Morgan fingerprint density at radius 3 is 2.36 bits per heavy atom. The molecule has 84 valence electrons. The molecule has 0 saturated carbocycles. The summed E-state index contributed by atoms with van der Waals surface area (Å²) in [6, 6.07) is 0.387. The average molecular weight is 202 g/mol. The lowest BCUT2D eigenvalue weighted by atomic mass is 10.1. The van der Waals surface area contributed by atoms with E-state index in [1.807, 2.05) is 4.90 Å². The molecule has 0 aliphatic rings. The molecule has 0 fully saturated rings. The lowest BCUT2D eigenvalue weighted by Gasteiger charge is -2.30. The summed E-state index contributed by atoms with van der Waals surface area (Å²) in [5, 5.41) is 3.52. The third kappa shape index (κ3) is 3.83. The molecule has 0 aromatic carbocycles. The SMILES string of the molecule is CCC(CC)N(CCOC)C(N)=NN. The molecule has 4 N–H and O–H groups in total. The van der Waals surface area contributed by atoms with Crippen molar-refractivity contribution in [1.29, 1.82) is 0 Å². The molecule has 0 amide bonds. The Hall–Kier alpha value is -0.970. The fraction of sp³-hybridized carbons (Fsp3) is 0.889. The molecule has 0 radical (unpaired) electrons. The minimum atomic E-state index is 0.385.